The molecule has 0 aliphatic heterocycles. The first-order valence-corrected chi connectivity index (χ1v) is 8.77. The summed E-state index contributed by atoms with van der Waals surface area (Å²) in [5.41, 5.74) is -0.315. The summed E-state index contributed by atoms with van der Waals surface area (Å²) in [5.74, 6) is -0.763. The van der Waals surface area contributed by atoms with E-state index in [0.717, 1.165) is 18.2 Å². The zero-order chi connectivity index (χ0) is 22.6. The van der Waals surface area contributed by atoms with Crippen LogP contribution in [0.25, 0.3) is 17.5 Å². The van der Waals surface area contributed by atoms with Crippen LogP contribution >= 0.6 is 0 Å². The summed E-state index contributed by atoms with van der Waals surface area (Å²) in [5, 5.41) is 18.3. The summed E-state index contributed by atoms with van der Waals surface area (Å²) in [4.78, 5) is 22.1. The van der Waals surface area contributed by atoms with Crippen molar-refractivity contribution >= 4 is 17.7 Å². The number of nitrogens with zero attached hydrogens (tertiary/aromatic N) is 3. The molecule has 0 fully saturated rings. The van der Waals surface area contributed by atoms with Gasteiger partial charge in [-0.15, -0.1) is 10.2 Å². The van der Waals surface area contributed by atoms with Crippen molar-refractivity contribution in [2.24, 2.45) is 0 Å². The summed E-state index contributed by atoms with van der Waals surface area (Å²) in [6.07, 6.45) is -3.24. The van der Waals surface area contributed by atoms with Gasteiger partial charge in [0, 0.05) is 23.8 Å². The molecule has 0 radical (unpaired) electrons. The van der Waals surface area contributed by atoms with Gasteiger partial charge in [0.05, 0.1) is 10.5 Å². The molecular weight excluding hydrogens is 419 g/mol. The van der Waals surface area contributed by atoms with Crippen molar-refractivity contribution in [2.45, 2.75) is 19.2 Å². The molecule has 31 heavy (non-hydrogen) atoms. The first-order valence-electron chi connectivity index (χ1n) is 8.77. The van der Waals surface area contributed by atoms with Crippen molar-refractivity contribution in [3.8, 4) is 11.5 Å². The molecule has 3 rings (SSSR count). The number of alkyl halides is 3. The lowest BCUT2D eigenvalue weighted by Crippen LogP contribution is -2.06. The van der Waals surface area contributed by atoms with Crippen molar-refractivity contribution in [1.82, 2.24) is 10.2 Å². The van der Waals surface area contributed by atoms with Gasteiger partial charge in [0.25, 0.3) is 11.6 Å². The van der Waals surface area contributed by atoms with Crippen LogP contribution in [0.1, 0.15) is 30.0 Å². The molecule has 1 atom stereocenters. The van der Waals surface area contributed by atoms with E-state index in [-0.39, 0.29) is 23.0 Å². The average molecular weight is 433 g/mol. The molecule has 0 amide bonds. The number of aromatic nitrogens is 2. The van der Waals surface area contributed by atoms with Gasteiger partial charge >= 0.3 is 12.1 Å². The van der Waals surface area contributed by atoms with Gasteiger partial charge in [-0.05, 0) is 42.8 Å². The molecule has 160 valence electrons. The summed E-state index contributed by atoms with van der Waals surface area (Å²) in [6.45, 7) is 1.48. The zero-order valence-corrected chi connectivity index (χ0v) is 15.9. The van der Waals surface area contributed by atoms with Crippen LogP contribution in [0.3, 0.4) is 0 Å². The first-order chi connectivity index (χ1) is 14.6. The van der Waals surface area contributed by atoms with E-state index in [1.165, 1.54) is 49.4 Å². The first kappa shape index (κ1) is 21.7. The fraction of sp³-hybridized carbons (Fsp3) is 0.150. The number of halogens is 3. The molecular formula is C20H14F3N3O5. The lowest BCUT2D eigenvalue weighted by Gasteiger charge is -2.08. The SMILES string of the molecule is CC(OC(=O)/C=C/c1cccc(C(F)(F)F)c1)c1nnc(-c2ccc([N+](=O)[O-])cc2)o1. The normalized spacial score (nSPS) is 12.6. The molecule has 0 aliphatic rings. The Bertz CT molecular complexity index is 1120. The van der Waals surface area contributed by atoms with Crippen LogP contribution in [-0.2, 0) is 15.7 Å². The average Bonchev–Trinajstić information content (AvgIpc) is 3.22. The van der Waals surface area contributed by atoms with Gasteiger partial charge in [-0.1, -0.05) is 12.1 Å². The summed E-state index contributed by atoms with van der Waals surface area (Å²) in [6, 6.07) is 9.90. The lowest BCUT2D eigenvalue weighted by molar-refractivity contribution is -0.384. The zero-order valence-electron chi connectivity index (χ0n) is 15.9. The molecule has 0 aliphatic carbocycles. The maximum Gasteiger partial charge on any atom is 0.416 e. The standard InChI is InChI=1S/C20H14F3N3O5/c1-12(18-24-25-19(31-18)14-6-8-16(9-7-14)26(28)29)30-17(27)10-5-13-3-2-4-15(11-13)20(21,22)23/h2-12H,1H3/b10-5+. The van der Waals surface area contributed by atoms with Crippen LogP contribution in [0.4, 0.5) is 18.9 Å². The number of ether oxygens (including phenoxy) is 1. The van der Waals surface area contributed by atoms with E-state index in [1.54, 1.807) is 0 Å². The number of benzene rings is 2. The molecule has 1 aromatic heterocycles. The number of rotatable bonds is 6. The van der Waals surface area contributed by atoms with Gasteiger partial charge in [-0.25, -0.2) is 4.79 Å². The van der Waals surface area contributed by atoms with Gasteiger partial charge in [0.2, 0.25) is 5.89 Å². The number of nitro benzene ring substituents is 1. The van der Waals surface area contributed by atoms with Gasteiger partial charge in [-0.2, -0.15) is 13.2 Å². The molecule has 1 heterocycles. The second kappa shape index (κ2) is 8.78. The van der Waals surface area contributed by atoms with Gasteiger partial charge in [0.1, 0.15) is 0 Å². The van der Waals surface area contributed by atoms with E-state index in [9.17, 15) is 28.1 Å². The highest BCUT2D eigenvalue weighted by Crippen LogP contribution is 2.30. The third-order valence-corrected chi connectivity index (χ3v) is 4.03. The monoisotopic (exact) mass is 433 g/mol. The van der Waals surface area contributed by atoms with Crippen LogP contribution in [0, 0.1) is 10.1 Å². The molecule has 0 spiro atoms. The smallest absolute Gasteiger partial charge is 0.416 e. The number of carbonyl (C=O) groups is 1. The summed E-state index contributed by atoms with van der Waals surface area (Å²) >= 11 is 0. The quantitative estimate of drug-likeness (QED) is 0.233. The summed E-state index contributed by atoms with van der Waals surface area (Å²) in [7, 11) is 0. The van der Waals surface area contributed by atoms with Crippen molar-refractivity contribution < 1.29 is 32.0 Å². The molecule has 8 nitrogen and oxygen atoms in total. The minimum absolute atomic E-state index is 0.0193. The van der Waals surface area contributed by atoms with E-state index in [4.69, 9.17) is 9.15 Å². The van der Waals surface area contributed by atoms with Crippen LogP contribution < -0.4 is 0 Å². The van der Waals surface area contributed by atoms with Gasteiger partial charge in [0.15, 0.2) is 6.10 Å². The van der Waals surface area contributed by atoms with Crippen LogP contribution in [0.15, 0.2) is 59.0 Å². The predicted octanol–water partition coefficient (Wildman–Crippen LogP) is 4.98. The number of nitro groups is 1. The Morgan fingerprint density at radius 1 is 1.19 bits per heavy atom. The molecule has 2 aromatic carbocycles. The Morgan fingerprint density at radius 3 is 2.55 bits per heavy atom. The van der Waals surface area contributed by atoms with E-state index < -0.39 is 28.7 Å². The van der Waals surface area contributed by atoms with Crippen molar-refractivity contribution in [3.05, 3.63) is 81.7 Å². The van der Waals surface area contributed by atoms with Crippen LogP contribution in [0.2, 0.25) is 0 Å². The molecule has 1 unspecified atom stereocenters. The van der Waals surface area contributed by atoms with Crippen molar-refractivity contribution in [3.63, 3.8) is 0 Å². The van der Waals surface area contributed by atoms with Crippen molar-refractivity contribution in [1.29, 1.82) is 0 Å². The van der Waals surface area contributed by atoms with Crippen molar-refractivity contribution in [2.75, 3.05) is 0 Å². The molecule has 11 heteroatoms. The van der Waals surface area contributed by atoms with Crippen LogP contribution in [0.5, 0.6) is 0 Å². The highest BCUT2D eigenvalue weighted by atomic mass is 19.4. The number of non-ortho nitro benzene ring substituents is 1. The van der Waals surface area contributed by atoms with Gasteiger partial charge in [-0.3, -0.25) is 10.1 Å². The Balaban J connectivity index is 1.64. The molecule has 0 saturated heterocycles. The fourth-order valence-electron chi connectivity index (χ4n) is 2.49. The topological polar surface area (TPSA) is 108 Å². The van der Waals surface area contributed by atoms with Gasteiger partial charge < -0.3 is 9.15 Å². The fourth-order valence-corrected chi connectivity index (χ4v) is 2.49. The third kappa shape index (κ3) is 5.53. The maximum absolute atomic E-state index is 12.7. The second-order valence-electron chi connectivity index (χ2n) is 6.29. The Hall–Kier alpha value is -4.02. The van der Waals surface area contributed by atoms with E-state index >= 15 is 0 Å². The minimum atomic E-state index is -4.49. The van der Waals surface area contributed by atoms with Crippen LogP contribution in [-0.4, -0.2) is 21.1 Å². The Morgan fingerprint density at radius 2 is 1.90 bits per heavy atom. The minimum Gasteiger partial charge on any atom is -0.449 e. The Labute approximate surface area is 173 Å². The number of hydrogen-bond acceptors (Lipinski definition) is 7. The number of carbonyl (C=O) groups excluding carboxylic acids is 1. The maximum atomic E-state index is 12.7. The third-order valence-electron chi connectivity index (χ3n) is 4.03. The van der Waals surface area contributed by atoms with E-state index in [1.807, 2.05) is 0 Å². The lowest BCUT2D eigenvalue weighted by atomic mass is 10.1. The molecule has 3 aromatic rings. The number of hydrogen-bond donors (Lipinski definition) is 0. The molecule has 0 bridgehead atoms. The predicted molar refractivity (Wildman–Crippen MR) is 101 cm³/mol. The number of esters is 1. The van der Waals surface area contributed by atoms with E-state index in [2.05, 4.69) is 10.2 Å². The largest absolute Gasteiger partial charge is 0.449 e. The molecule has 0 saturated carbocycles. The highest BCUT2D eigenvalue weighted by molar-refractivity contribution is 5.87. The highest BCUT2D eigenvalue weighted by Gasteiger charge is 2.30. The second-order valence-corrected chi connectivity index (χ2v) is 6.29. The molecule has 0 N–H and O–H groups in total. The summed E-state index contributed by atoms with van der Waals surface area (Å²) < 4.78 is 48.8. The Kier molecular flexibility index (Phi) is 6.14. The van der Waals surface area contributed by atoms with E-state index in [0.29, 0.717) is 5.56 Å².